The lowest BCUT2D eigenvalue weighted by molar-refractivity contribution is -0.145. The lowest BCUT2D eigenvalue weighted by Crippen LogP contribution is -2.54. The Balaban J connectivity index is 3.39. The van der Waals surface area contributed by atoms with Gasteiger partial charge in [-0.05, 0) is 45.3 Å². The second-order valence-corrected chi connectivity index (χ2v) is 9.48. The zero-order valence-corrected chi connectivity index (χ0v) is 21.5. The summed E-state index contributed by atoms with van der Waals surface area (Å²) < 4.78 is 9.82. The van der Waals surface area contributed by atoms with E-state index in [4.69, 9.17) is 4.74 Å². The zero-order valence-electron chi connectivity index (χ0n) is 20.7. The summed E-state index contributed by atoms with van der Waals surface area (Å²) in [5.74, 6) is -1.91. The minimum Gasteiger partial charge on any atom is -0.508 e. The Morgan fingerprint density at radius 1 is 1.17 bits per heavy atom. The number of phenolic OH excluding ortho intramolecular Hbond substituents is 1. The highest BCUT2D eigenvalue weighted by molar-refractivity contribution is 7.98. The molecule has 35 heavy (non-hydrogen) atoms. The van der Waals surface area contributed by atoms with Gasteiger partial charge in [0.1, 0.15) is 30.0 Å². The number of amides is 3. The van der Waals surface area contributed by atoms with Crippen molar-refractivity contribution < 1.29 is 38.9 Å². The maximum absolute atomic E-state index is 13.6. The minimum atomic E-state index is -1.40. The number of aromatic hydroxyl groups is 1. The van der Waals surface area contributed by atoms with E-state index >= 15 is 0 Å². The molecular formula is C23H35N3O8S. The molecule has 0 saturated carbocycles. The topological polar surface area (TPSA) is 154 Å². The highest BCUT2D eigenvalue weighted by Gasteiger charge is 2.37. The van der Waals surface area contributed by atoms with Crippen molar-refractivity contribution in [3.8, 4) is 5.75 Å². The van der Waals surface area contributed by atoms with Gasteiger partial charge in [-0.3, -0.25) is 14.4 Å². The number of rotatable bonds is 12. The van der Waals surface area contributed by atoms with Crippen LogP contribution in [0.4, 0.5) is 4.79 Å². The van der Waals surface area contributed by atoms with Crippen LogP contribution in [-0.4, -0.2) is 89.4 Å². The molecule has 11 nitrogen and oxygen atoms in total. The second kappa shape index (κ2) is 14.4. The lowest BCUT2D eigenvalue weighted by Gasteiger charge is -2.34. The number of benzene rings is 1. The molecule has 0 aliphatic rings. The SMILES string of the molecule is COC(=O)CNC(=O)C(c1ccccc1O)N(CCO)C(=O)C(CCSC)NC(=O)OC(C)(C)C. The van der Waals surface area contributed by atoms with Gasteiger partial charge in [0.15, 0.2) is 0 Å². The number of thioether (sulfide) groups is 1. The van der Waals surface area contributed by atoms with Gasteiger partial charge in [-0.1, -0.05) is 18.2 Å². The number of methoxy groups -OCH3 is 1. The van der Waals surface area contributed by atoms with Gasteiger partial charge in [-0.2, -0.15) is 11.8 Å². The van der Waals surface area contributed by atoms with Crippen LogP contribution in [0, 0.1) is 0 Å². The van der Waals surface area contributed by atoms with E-state index in [2.05, 4.69) is 15.4 Å². The van der Waals surface area contributed by atoms with Crippen LogP contribution < -0.4 is 10.6 Å². The van der Waals surface area contributed by atoms with Gasteiger partial charge in [0.05, 0.1) is 13.7 Å². The van der Waals surface area contributed by atoms with E-state index in [9.17, 15) is 29.4 Å². The second-order valence-electron chi connectivity index (χ2n) is 8.49. The average Bonchev–Trinajstić information content (AvgIpc) is 2.79. The predicted molar refractivity (Wildman–Crippen MR) is 131 cm³/mol. The highest BCUT2D eigenvalue weighted by atomic mass is 32.2. The van der Waals surface area contributed by atoms with Crippen molar-refractivity contribution in [2.75, 3.05) is 38.8 Å². The van der Waals surface area contributed by atoms with Crippen molar-refractivity contribution in [2.24, 2.45) is 0 Å². The van der Waals surface area contributed by atoms with Gasteiger partial charge in [0, 0.05) is 12.1 Å². The van der Waals surface area contributed by atoms with Crippen LogP contribution in [-0.2, 0) is 23.9 Å². The van der Waals surface area contributed by atoms with Crippen LogP contribution in [0.25, 0.3) is 0 Å². The van der Waals surface area contributed by atoms with E-state index in [-0.39, 0.29) is 24.3 Å². The monoisotopic (exact) mass is 513 g/mol. The summed E-state index contributed by atoms with van der Waals surface area (Å²) in [6, 6.07) is 3.44. The van der Waals surface area contributed by atoms with Gasteiger partial charge in [-0.15, -0.1) is 0 Å². The number of alkyl carbamates (subject to hydrolysis) is 1. The first kappa shape index (κ1) is 30.0. The molecule has 0 spiro atoms. The van der Waals surface area contributed by atoms with E-state index in [1.54, 1.807) is 32.9 Å². The molecule has 1 aromatic carbocycles. The summed E-state index contributed by atoms with van der Waals surface area (Å²) in [5, 5.41) is 25.1. The van der Waals surface area contributed by atoms with Crippen molar-refractivity contribution in [3.63, 3.8) is 0 Å². The molecule has 0 aromatic heterocycles. The van der Waals surface area contributed by atoms with E-state index < -0.39 is 54.7 Å². The molecule has 0 aliphatic carbocycles. The van der Waals surface area contributed by atoms with E-state index in [0.29, 0.717) is 5.75 Å². The third-order valence-corrected chi connectivity index (χ3v) is 5.29. The maximum Gasteiger partial charge on any atom is 0.408 e. The van der Waals surface area contributed by atoms with E-state index in [1.807, 2.05) is 6.26 Å². The number of carbonyl (C=O) groups is 4. The minimum absolute atomic E-state index is 0.0811. The fourth-order valence-corrected chi connectivity index (χ4v) is 3.59. The first-order valence-electron chi connectivity index (χ1n) is 11.0. The molecule has 4 N–H and O–H groups in total. The molecule has 1 rings (SSSR count). The third-order valence-electron chi connectivity index (χ3n) is 4.65. The summed E-state index contributed by atoms with van der Waals surface area (Å²) >= 11 is 1.46. The smallest absolute Gasteiger partial charge is 0.408 e. The zero-order chi connectivity index (χ0) is 26.6. The van der Waals surface area contributed by atoms with Gasteiger partial charge >= 0.3 is 12.1 Å². The summed E-state index contributed by atoms with van der Waals surface area (Å²) in [6.45, 7) is 3.80. The Morgan fingerprint density at radius 2 is 1.83 bits per heavy atom. The first-order chi connectivity index (χ1) is 16.4. The Labute approximate surface area is 209 Å². The number of carbonyl (C=O) groups excluding carboxylic acids is 4. The van der Waals surface area contributed by atoms with Gasteiger partial charge < -0.3 is 35.2 Å². The molecule has 1 aromatic rings. The summed E-state index contributed by atoms with van der Waals surface area (Å²) in [4.78, 5) is 51.9. The number of nitrogens with zero attached hydrogens (tertiary/aromatic N) is 1. The van der Waals surface area contributed by atoms with Crippen molar-refractivity contribution in [1.29, 1.82) is 0 Å². The van der Waals surface area contributed by atoms with E-state index in [0.717, 1.165) is 12.0 Å². The number of hydrogen-bond acceptors (Lipinski definition) is 9. The first-order valence-corrected chi connectivity index (χ1v) is 12.4. The Hall–Kier alpha value is -2.99. The Bertz CT molecular complexity index is 875. The van der Waals surface area contributed by atoms with Crippen LogP contribution >= 0.6 is 11.8 Å². The number of ether oxygens (including phenoxy) is 2. The molecule has 0 saturated heterocycles. The largest absolute Gasteiger partial charge is 0.508 e. The van der Waals surface area contributed by atoms with Gasteiger partial charge in [0.2, 0.25) is 11.8 Å². The molecule has 0 fully saturated rings. The molecule has 0 aliphatic heterocycles. The summed E-state index contributed by atoms with van der Waals surface area (Å²) in [7, 11) is 1.16. The van der Waals surface area contributed by atoms with Crippen molar-refractivity contribution >= 4 is 35.6 Å². The van der Waals surface area contributed by atoms with Crippen LogP contribution in [0.2, 0.25) is 0 Å². The number of aliphatic hydroxyl groups is 1. The number of esters is 1. The predicted octanol–water partition coefficient (Wildman–Crippen LogP) is 1.19. The molecule has 2 unspecified atom stereocenters. The van der Waals surface area contributed by atoms with Crippen molar-refractivity contribution in [1.82, 2.24) is 15.5 Å². The molecule has 0 heterocycles. The lowest BCUT2D eigenvalue weighted by atomic mass is 10.0. The fourth-order valence-electron chi connectivity index (χ4n) is 3.11. The molecule has 0 radical (unpaired) electrons. The fraction of sp³-hybridized carbons (Fsp3) is 0.565. The number of para-hydroxylation sites is 1. The average molecular weight is 514 g/mol. The Morgan fingerprint density at radius 3 is 2.37 bits per heavy atom. The highest BCUT2D eigenvalue weighted by Crippen LogP contribution is 2.29. The number of phenols is 1. The van der Waals surface area contributed by atoms with Crippen LogP contribution in [0.1, 0.15) is 38.8 Å². The van der Waals surface area contributed by atoms with Crippen LogP contribution in [0.3, 0.4) is 0 Å². The number of nitrogens with one attached hydrogen (secondary N) is 2. The van der Waals surface area contributed by atoms with Crippen molar-refractivity contribution in [2.45, 2.75) is 44.9 Å². The van der Waals surface area contributed by atoms with E-state index in [1.165, 1.54) is 23.9 Å². The molecule has 3 amide bonds. The molecule has 196 valence electrons. The third kappa shape index (κ3) is 10.0. The number of aliphatic hydroxyl groups excluding tert-OH is 1. The molecule has 0 bridgehead atoms. The van der Waals surface area contributed by atoms with Gasteiger partial charge in [0.25, 0.3) is 0 Å². The Kier molecular flexibility index (Phi) is 12.4. The normalized spacial score (nSPS) is 12.7. The summed E-state index contributed by atoms with van der Waals surface area (Å²) in [5.41, 5.74) is -0.716. The molecule has 12 heteroatoms. The standard InChI is InChI=1S/C23H35N3O8S/c1-23(2,3)34-22(32)25-16(10-13-35-5)21(31)26(11-12-27)19(15-8-6-7-9-17(15)28)20(30)24-14-18(29)33-4/h6-9,16,19,27-28H,10-14H2,1-5H3,(H,24,30)(H,25,32). The maximum atomic E-state index is 13.6. The van der Waals surface area contributed by atoms with Crippen LogP contribution in [0.15, 0.2) is 24.3 Å². The molecule has 2 atom stereocenters. The molecular weight excluding hydrogens is 478 g/mol. The van der Waals surface area contributed by atoms with Crippen molar-refractivity contribution in [3.05, 3.63) is 29.8 Å². The van der Waals surface area contributed by atoms with Gasteiger partial charge in [-0.25, -0.2) is 4.79 Å². The quantitative estimate of drug-likeness (QED) is 0.302. The van der Waals surface area contributed by atoms with Crippen LogP contribution in [0.5, 0.6) is 5.75 Å². The summed E-state index contributed by atoms with van der Waals surface area (Å²) in [6.07, 6.45) is 1.25. The number of hydrogen-bond donors (Lipinski definition) is 4.